The average molecular weight is 394 g/mol. The van der Waals surface area contributed by atoms with Crippen molar-refractivity contribution in [2.45, 2.75) is 12.3 Å². The lowest BCUT2D eigenvalue weighted by Crippen LogP contribution is -2.33. The molecule has 1 amide bonds. The van der Waals surface area contributed by atoms with Crippen molar-refractivity contribution in [3.8, 4) is 17.3 Å². The summed E-state index contributed by atoms with van der Waals surface area (Å²) in [5, 5.41) is 0. The van der Waals surface area contributed by atoms with Gasteiger partial charge in [0.2, 0.25) is 0 Å². The molecule has 148 valence electrons. The minimum Gasteiger partial charge on any atom is -0.481 e. The molecule has 3 heterocycles. The van der Waals surface area contributed by atoms with Crippen LogP contribution in [0.3, 0.4) is 0 Å². The number of carbonyl (C=O) groups is 1. The van der Waals surface area contributed by atoms with Crippen LogP contribution >= 0.6 is 0 Å². The van der Waals surface area contributed by atoms with Crippen LogP contribution < -0.4 is 10.3 Å². The van der Waals surface area contributed by atoms with Gasteiger partial charge in [-0.25, -0.2) is 9.37 Å². The van der Waals surface area contributed by atoms with Crippen LogP contribution in [-0.2, 0) is 4.79 Å². The van der Waals surface area contributed by atoms with E-state index in [1.165, 1.54) is 18.2 Å². The standard InChI is InChI=1S/C21H19FN4O3/c22-15-5-1-2-7-18(15)29-13-20(28)26-10-8-14(12-26)17-11-19(27)25-21(24-17)16-6-3-4-9-23-16/h1-7,9,11,14H,8,10,12-13H2,(H,24,25,27). The minimum absolute atomic E-state index is 0.0489. The topological polar surface area (TPSA) is 88.2 Å². The Kier molecular flexibility index (Phi) is 5.33. The molecule has 1 aliphatic rings. The summed E-state index contributed by atoms with van der Waals surface area (Å²) in [4.78, 5) is 37.6. The Morgan fingerprint density at radius 1 is 1.24 bits per heavy atom. The normalized spacial score (nSPS) is 16.0. The number of H-pyrrole nitrogens is 1. The molecule has 0 radical (unpaired) electrons. The van der Waals surface area contributed by atoms with E-state index in [1.54, 1.807) is 35.4 Å². The summed E-state index contributed by atoms with van der Waals surface area (Å²) < 4.78 is 18.9. The van der Waals surface area contributed by atoms with Gasteiger partial charge in [-0.2, -0.15) is 0 Å². The number of halogens is 1. The molecule has 1 aliphatic heterocycles. The largest absolute Gasteiger partial charge is 0.481 e. The third kappa shape index (κ3) is 4.31. The predicted molar refractivity (Wildman–Crippen MR) is 104 cm³/mol. The molecule has 1 atom stereocenters. The maximum atomic E-state index is 13.6. The van der Waals surface area contributed by atoms with Gasteiger partial charge < -0.3 is 14.6 Å². The summed E-state index contributed by atoms with van der Waals surface area (Å²) >= 11 is 0. The fraction of sp³-hybridized carbons (Fsp3) is 0.238. The van der Waals surface area contributed by atoms with Crippen molar-refractivity contribution >= 4 is 5.91 Å². The van der Waals surface area contributed by atoms with Crippen LogP contribution in [0.2, 0.25) is 0 Å². The Hall–Kier alpha value is -3.55. The predicted octanol–water partition coefficient (Wildman–Crippen LogP) is 2.37. The zero-order valence-corrected chi connectivity index (χ0v) is 15.5. The van der Waals surface area contributed by atoms with E-state index in [4.69, 9.17) is 4.74 Å². The van der Waals surface area contributed by atoms with Gasteiger partial charge in [-0.15, -0.1) is 0 Å². The van der Waals surface area contributed by atoms with Crippen LogP contribution in [0, 0.1) is 5.82 Å². The van der Waals surface area contributed by atoms with Gasteiger partial charge >= 0.3 is 0 Å². The van der Waals surface area contributed by atoms with Crippen molar-refractivity contribution < 1.29 is 13.9 Å². The lowest BCUT2D eigenvalue weighted by molar-refractivity contribution is -0.132. The zero-order chi connectivity index (χ0) is 20.2. The van der Waals surface area contributed by atoms with Gasteiger partial charge in [-0.3, -0.25) is 14.6 Å². The number of likely N-dealkylation sites (tertiary alicyclic amines) is 1. The summed E-state index contributed by atoms with van der Waals surface area (Å²) in [7, 11) is 0. The van der Waals surface area contributed by atoms with Gasteiger partial charge in [0.1, 0.15) is 5.69 Å². The number of nitrogens with one attached hydrogen (secondary N) is 1. The summed E-state index contributed by atoms with van der Waals surface area (Å²) in [6, 6.07) is 12.8. The highest BCUT2D eigenvalue weighted by Crippen LogP contribution is 2.26. The van der Waals surface area contributed by atoms with Crippen LogP contribution in [-0.4, -0.2) is 45.5 Å². The summed E-state index contributed by atoms with van der Waals surface area (Å²) in [5.41, 5.74) is 0.943. The molecule has 0 bridgehead atoms. The second-order valence-corrected chi connectivity index (χ2v) is 6.78. The average Bonchev–Trinajstić information content (AvgIpc) is 3.24. The smallest absolute Gasteiger partial charge is 0.260 e. The van der Waals surface area contributed by atoms with Gasteiger partial charge in [-0.1, -0.05) is 18.2 Å². The maximum Gasteiger partial charge on any atom is 0.260 e. The van der Waals surface area contributed by atoms with Crippen LogP contribution in [0.15, 0.2) is 59.5 Å². The van der Waals surface area contributed by atoms with Crippen molar-refractivity contribution in [3.63, 3.8) is 0 Å². The van der Waals surface area contributed by atoms with Gasteiger partial charge in [0.15, 0.2) is 24.0 Å². The SMILES string of the molecule is O=C(COc1ccccc1F)N1CCC(c2cc(=O)[nH]c(-c3ccccn3)n2)C1. The Bertz CT molecular complexity index is 1070. The second kappa shape index (κ2) is 8.22. The second-order valence-electron chi connectivity index (χ2n) is 6.78. The first kappa shape index (κ1) is 18.8. The third-order valence-corrected chi connectivity index (χ3v) is 4.82. The van der Waals surface area contributed by atoms with E-state index < -0.39 is 5.82 Å². The van der Waals surface area contributed by atoms with Gasteiger partial charge in [-0.05, 0) is 30.7 Å². The maximum absolute atomic E-state index is 13.6. The number of benzene rings is 1. The molecule has 1 fully saturated rings. The quantitative estimate of drug-likeness (QED) is 0.718. The third-order valence-electron chi connectivity index (χ3n) is 4.82. The summed E-state index contributed by atoms with van der Waals surface area (Å²) in [6.45, 7) is 0.713. The van der Waals surface area contributed by atoms with Gasteiger partial charge in [0.25, 0.3) is 11.5 Å². The highest BCUT2D eigenvalue weighted by molar-refractivity contribution is 5.78. The van der Waals surface area contributed by atoms with E-state index in [0.29, 0.717) is 36.7 Å². The van der Waals surface area contributed by atoms with Crippen molar-refractivity contribution in [3.05, 3.63) is 76.6 Å². The number of hydrogen-bond acceptors (Lipinski definition) is 5. The molecule has 1 N–H and O–H groups in total. The number of carbonyl (C=O) groups excluding carboxylic acids is 1. The summed E-state index contributed by atoms with van der Waals surface area (Å²) in [6.07, 6.45) is 2.32. The lowest BCUT2D eigenvalue weighted by Gasteiger charge is -2.17. The molecular weight excluding hydrogens is 375 g/mol. The Morgan fingerprint density at radius 3 is 2.86 bits per heavy atom. The van der Waals surface area contributed by atoms with E-state index in [-0.39, 0.29) is 29.7 Å². The number of aromatic nitrogens is 3. The van der Waals surface area contributed by atoms with Gasteiger partial charge in [0, 0.05) is 31.3 Å². The molecule has 1 saturated heterocycles. The highest BCUT2D eigenvalue weighted by Gasteiger charge is 2.29. The zero-order valence-electron chi connectivity index (χ0n) is 15.5. The Morgan fingerprint density at radius 2 is 2.07 bits per heavy atom. The molecule has 1 aromatic carbocycles. The number of rotatable bonds is 5. The lowest BCUT2D eigenvalue weighted by atomic mass is 10.0. The molecule has 29 heavy (non-hydrogen) atoms. The van der Waals surface area contributed by atoms with Crippen molar-refractivity contribution in [1.29, 1.82) is 0 Å². The number of hydrogen-bond donors (Lipinski definition) is 1. The molecule has 1 unspecified atom stereocenters. The molecule has 3 aromatic rings. The number of pyridine rings is 1. The minimum atomic E-state index is -0.505. The molecule has 0 aliphatic carbocycles. The fourth-order valence-electron chi connectivity index (χ4n) is 3.33. The van der Waals surface area contributed by atoms with E-state index >= 15 is 0 Å². The van der Waals surface area contributed by atoms with Crippen molar-refractivity contribution in [1.82, 2.24) is 19.9 Å². The van der Waals surface area contributed by atoms with Gasteiger partial charge in [0.05, 0.1) is 5.69 Å². The van der Waals surface area contributed by atoms with E-state index in [1.807, 2.05) is 6.07 Å². The number of para-hydroxylation sites is 1. The molecular formula is C21H19FN4O3. The number of nitrogens with zero attached hydrogens (tertiary/aromatic N) is 3. The van der Waals surface area contributed by atoms with Crippen LogP contribution in [0.1, 0.15) is 18.0 Å². The van der Waals surface area contributed by atoms with E-state index in [9.17, 15) is 14.0 Å². The molecule has 7 nitrogen and oxygen atoms in total. The molecule has 0 saturated carbocycles. The first-order valence-electron chi connectivity index (χ1n) is 9.28. The first-order valence-corrected chi connectivity index (χ1v) is 9.28. The van der Waals surface area contributed by atoms with Crippen molar-refractivity contribution in [2.75, 3.05) is 19.7 Å². The molecule has 0 spiro atoms. The fourth-order valence-corrected chi connectivity index (χ4v) is 3.33. The van der Waals surface area contributed by atoms with Crippen LogP contribution in [0.4, 0.5) is 4.39 Å². The molecule has 8 heteroatoms. The van der Waals surface area contributed by atoms with E-state index in [0.717, 1.165) is 0 Å². The van der Waals surface area contributed by atoms with Crippen LogP contribution in [0.25, 0.3) is 11.5 Å². The monoisotopic (exact) mass is 394 g/mol. The highest BCUT2D eigenvalue weighted by atomic mass is 19.1. The van der Waals surface area contributed by atoms with E-state index in [2.05, 4.69) is 15.0 Å². The number of ether oxygens (including phenoxy) is 1. The molecule has 4 rings (SSSR count). The molecule has 2 aromatic heterocycles. The Labute approximate surface area is 166 Å². The Balaban J connectivity index is 1.43. The number of aromatic amines is 1. The first-order chi connectivity index (χ1) is 14.1. The van der Waals surface area contributed by atoms with Crippen molar-refractivity contribution in [2.24, 2.45) is 0 Å². The van der Waals surface area contributed by atoms with Crippen LogP contribution in [0.5, 0.6) is 5.75 Å². The summed E-state index contributed by atoms with van der Waals surface area (Å²) in [5.74, 6) is -0.342. The number of amides is 1.